The first-order chi connectivity index (χ1) is 12.8. The molecule has 0 aromatic heterocycles. The van der Waals surface area contributed by atoms with E-state index in [9.17, 15) is 4.79 Å². The Labute approximate surface area is 161 Å². The van der Waals surface area contributed by atoms with E-state index in [1.807, 2.05) is 6.92 Å². The number of hydrogen-bond acceptors (Lipinski definition) is 3. The minimum Gasteiger partial charge on any atom is -0.466 e. The molecule has 0 radical (unpaired) electrons. The van der Waals surface area contributed by atoms with Crippen LogP contribution in [0.3, 0.4) is 0 Å². The summed E-state index contributed by atoms with van der Waals surface area (Å²) in [6.45, 7) is 6.00. The largest absolute Gasteiger partial charge is 0.466 e. The Bertz CT molecular complexity index is 383. The number of carbonyl (C=O) groups excluding carboxylic acids is 1. The minimum atomic E-state index is -0.0670. The number of ether oxygens (including phenoxy) is 2. The maximum Gasteiger partial charge on any atom is 0.305 e. The molecule has 0 aliphatic heterocycles. The van der Waals surface area contributed by atoms with Crippen molar-refractivity contribution in [3.05, 3.63) is 36.5 Å². The maximum atomic E-state index is 11.5. The van der Waals surface area contributed by atoms with E-state index in [2.05, 4.69) is 43.4 Å². The Hall–Kier alpha value is -1.35. The molecule has 0 unspecified atom stereocenters. The minimum absolute atomic E-state index is 0.0670. The van der Waals surface area contributed by atoms with Gasteiger partial charge in [0.25, 0.3) is 0 Å². The number of carbonyl (C=O) groups is 1. The summed E-state index contributed by atoms with van der Waals surface area (Å²) in [5.74, 6) is -0.0670. The molecule has 0 heterocycles. The van der Waals surface area contributed by atoms with Crippen LogP contribution in [-0.4, -0.2) is 25.8 Å². The lowest BCUT2D eigenvalue weighted by atomic mass is 10.1. The summed E-state index contributed by atoms with van der Waals surface area (Å²) in [6.07, 6.45) is 24.8. The zero-order valence-corrected chi connectivity index (χ0v) is 17.1. The van der Waals surface area contributed by atoms with Crippen molar-refractivity contribution < 1.29 is 14.3 Å². The van der Waals surface area contributed by atoms with E-state index >= 15 is 0 Å². The Morgan fingerprint density at radius 1 is 0.731 bits per heavy atom. The molecule has 150 valence electrons. The molecule has 3 nitrogen and oxygen atoms in total. The highest BCUT2D eigenvalue weighted by Crippen LogP contribution is 2.08. The average molecular weight is 365 g/mol. The van der Waals surface area contributed by atoms with Crippen molar-refractivity contribution in [2.75, 3.05) is 19.8 Å². The van der Waals surface area contributed by atoms with Crippen molar-refractivity contribution in [2.45, 2.75) is 84.5 Å². The van der Waals surface area contributed by atoms with E-state index in [-0.39, 0.29) is 5.97 Å². The Morgan fingerprint density at radius 2 is 1.38 bits per heavy atom. The molecule has 0 rings (SSSR count). The molecule has 0 fully saturated rings. The van der Waals surface area contributed by atoms with E-state index in [0.717, 1.165) is 51.6 Å². The molecule has 0 aliphatic rings. The molecule has 0 aliphatic carbocycles. The number of esters is 1. The molecule has 3 heteroatoms. The molecule has 0 aromatic rings. The summed E-state index contributed by atoms with van der Waals surface area (Å²) < 4.78 is 10.4. The van der Waals surface area contributed by atoms with E-state index in [1.54, 1.807) is 0 Å². The van der Waals surface area contributed by atoms with Gasteiger partial charge in [-0.2, -0.15) is 0 Å². The second-order valence-electron chi connectivity index (χ2n) is 6.37. The van der Waals surface area contributed by atoms with Crippen LogP contribution in [-0.2, 0) is 14.3 Å². The molecule has 0 aromatic carbocycles. The van der Waals surface area contributed by atoms with E-state index < -0.39 is 0 Å². The van der Waals surface area contributed by atoms with Gasteiger partial charge in [0.15, 0.2) is 0 Å². The van der Waals surface area contributed by atoms with E-state index in [0.29, 0.717) is 19.6 Å². The third kappa shape index (κ3) is 20.7. The van der Waals surface area contributed by atoms with Gasteiger partial charge in [-0.1, -0.05) is 62.6 Å². The standard InChI is InChI=1S/C23H40O3/c1-3-5-6-7-8-9-10-11-12-13-14-15-16-17-18-20-23(24)26-22-19-21-25-4-2/h5-6,8-9,11-12H,3-4,7,10,13-22H2,1-2H3/b6-5-,9-8-,12-11-. The predicted octanol–water partition coefficient (Wildman–Crippen LogP) is 6.55. The number of hydrogen-bond donors (Lipinski definition) is 0. The zero-order chi connectivity index (χ0) is 19.1. The Kier molecular flexibility index (Phi) is 20.6. The SMILES string of the molecule is CC/C=C\C/C=C\C/C=C\CCCCCCCC(=O)OCCCOCC. The number of unbranched alkanes of at least 4 members (excludes halogenated alkanes) is 5. The fraction of sp³-hybridized carbons (Fsp3) is 0.696. The molecule has 0 amide bonds. The summed E-state index contributed by atoms with van der Waals surface area (Å²) in [7, 11) is 0. The highest BCUT2D eigenvalue weighted by atomic mass is 16.5. The summed E-state index contributed by atoms with van der Waals surface area (Å²) >= 11 is 0. The van der Waals surface area contributed by atoms with Gasteiger partial charge in [-0.15, -0.1) is 0 Å². The fourth-order valence-electron chi connectivity index (χ4n) is 2.45. The van der Waals surface area contributed by atoms with Gasteiger partial charge in [-0.05, 0) is 45.4 Å². The van der Waals surface area contributed by atoms with Gasteiger partial charge in [0, 0.05) is 26.1 Å². The van der Waals surface area contributed by atoms with E-state index in [1.165, 1.54) is 19.3 Å². The molecule has 0 spiro atoms. The third-order valence-corrected chi connectivity index (χ3v) is 3.93. The number of rotatable bonds is 18. The van der Waals surface area contributed by atoms with Crippen LogP contribution in [0.5, 0.6) is 0 Å². The topological polar surface area (TPSA) is 35.5 Å². The second-order valence-corrected chi connectivity index (χ2v) is 6.37. The zero-order valence-electron chi connectivity index (χ0n) is 17.1. The van der Waals surface area contributed by atoms with Crippen molar-refractivity contribution in [1.82, 2.24) is 0 Å². The van der Waals surface area contributed by atoms with Gasteiger partial charge in [-0.3, -0.25) is 4.79 Å². The Morgan fingerprint density at radius 3 is 2.12 bits per heavy atom. The second kappa shape index (κ2) is 21.7. The average Bonchev–Trinajstić information content (AvgIpc) is 2.64. The number of allylic oxidation sites excluding steroid dienone is 6. The van der Waals surface area contributed by atoms with Crippen molar-refractivity contribution in [3.8, 4) is 0 Å². The van der Waals surface area contributed by atoms with Gasteiger partial charge in [0.05, 0.1) is 6.61 Å². The van der Waals surface area contributed by atoms with Gasteiger partial charge in [0.1, 0.15) is 0 Å². The van der Waals surface area contributed by atoms with Crippen molar-refractivity contribution in [3.63, 3.8) is 0 Å². The first kappa shape index (κ1) is 24.7. The molecule has 0 saturated heterocycles. The molecular weight excluding hydrogens is 324 g/mol. The van der Waals surface area contributed by atoms with Crippen LogP contribution in [0.2, 0.25) is 0 Å². The lowest BCUT2D eigenvalue weighted by Crippen LogP contribution is -2.07. The monoisotopic (exact) mass is 364 g/mol. The van der Waals surface area contributed by atoms with Crippen LogP contribution in [0.4, 0.5) is 0 Å². The van der Waals surface area contributed by atoms with Crippen LogP contribution in [0.15, 0.2) is 36.5 Å². The highest BCUT2D eigenvalue weighted by Gasteiger charge is 2.02. The lowest BCUT2D eigenvalue weighted by Gasteiger charge is -2.05. The van der Waals surface area contributed by atoms with Crippen LogP contribution < -0.4 is 0 Å². The first-order valence-corrected chi connectivity index (χ1v) is 10.5. The maximum absolute atomic E-state index is 11.5. The molecule has 0 N–H and O–H groups in total. The summed E-state index contributed by atoms with van der Waals surface area (Å²) in [6, 6.07) is 0. The van der Waals surface area contributed by atoms with Crippen molar-refractivity contribution >= 4 is 5.97 Å². The van der Waals surface area contributed by atoms with Gasteiger partial charge >= 0.3 is 5.97 Å². The van der Waals surface area contributed by atoms with Crippen molar-refractivity contribution in [2.24, 2.45) is 0 Å². The normalized spacial score (nSPS) is 11.9. The summed E-state index contributed by atoms with van der Waals surface area (Å²) in [5.41, 5.74) is 0. The fourth-order valence-corrected chi connectivity index (χ4v) is 2.45. The summed E-state index contributed by atoms with van der Waals surface area (Å²) in [4.78, 5) is 11.5. The molecular formula is C23H40O3. The summed E-state index contributed by atoms with van der Waals surface area (Å²) in [5, 5.41) is 0. The predicted molar refractivity (Wildman–Crippen MR) is 111 cm³/mol. The first-order valence-electron chi connectivity index (χ1n) is 10.5. The van der Waals surface area contributed by atoms with Gasteiger partial charge in [-0.25, -0.2) is 0 Å². The smallest absolute Gasteiger partial charge is 0.305 e. The van der Waals surface area contributed by atoms with E-state index in [4.69, 9.17) is 9.47 Å². The molecule has 0 bridgehead atoms. The van der Waals surface area contributed by atoms with Crippen LogP contribution in [0, 0.1) is 0 Å². The Balaban J connectivity index is 3.29. The quantitative estimate of drug-likeness (QED) is 0.157. The highest BCUT2D eigenvalue weighted by molar-refractivity contribution is 5.69. The molecule has 0 atom stereocenters. The van der Waals surface area contributed by atoms with Gasteiger partial charge in [0.2, 0.25) is 0 Å². The van der Waals surface area contributed by atoms with Crippen molar-refractivity contribution in [1.29, 1.82) is 0 Å². The van der Waals surface area contributed by atoms with Crippen LogP contribution in [0.1, 0.15) is 84.5 Å². The van der Waals surface area contributed by atoms with Crippen LogP contribution >= 0.6 is 0 Å². The molecule has 0 saturated carbocycles. The lowest BCUT2D eigenvalue weighted by molar-refractivity contribution is -0.144. The van der Waals surface area contributed by atoms with Crippen LogP contribution in [0.25, 0.3) is 0 Å². The third-order valence-electron chi connectivity index (χ3n) is 3.93. The van der Waals surface area contributed by atoms with Gasteiger partial charge < -0.3 is 9.47 Å². The molecule has 26 heavy (non-hydrogen) atoms.